The molecular weight excluding hydrogens is 228 g/mol. The summed E-state index contributed by atoms with van der Waals surface area (Å²) < 4.78 is 0. The lowest BCUT2D eigenvalue weighted by atomic mass is 10.0. The Balaban J connectivity index is 2.01. The summed E-state index contributed by atoms with van der Waals surface area (Å²) in [4.78, 5) is 12.1. The number of rotatable bonds is 2. The van der Waals surface area contributed by atoms with Gasteiger partial charge in [-0.3, -0.25) is 4.79 Å². The minimum atomic E-state index is -0.197. The lowest BCUT2D eigenvalue weighted by Crippen LogP contribution is -2.48. The molecule has 2 unspecified atom stereocenters. The smallest absolute Gasteiger partial charge is 0.255 e. The zero-order chi connectivity index (χ0) is 13.1. The molecule has 0 aromatic heterocycles. The zero-order valence-corrected chi connectivity index (χ0v) is 10.9. The number of nitrogens with one attached hydrogen (secondary N) is 2. The Hall–Kier alpha value is -1.55. The van der Waals surface area contributed by atoms with E-state index >= 15 is 0 Å². The van der Waals surface area contributed by atoms with Crippen molar-refractivity contribution >= 4 is 5.91 Å². The largest absolute Gasteiger partial charge is 0.507 e. The second kappa shape index (κ2) is 5.40. The van der Waals surface area contributed by atoms with Gasteiger partial charge in [0, 0.05) is 18.6 Å². The molecule has 4 nitrogen and oxygen atoms in total. The van der Waals surface area contributed by atoms with Gasteiger partial charge in [-0.05, 0) is 38.3 Å². The Labute approximate surface area is 107 Å². The predicted molar refractivity (Wildman–Crippen MR) is 70.8 cm³/mol. The van der Waals surface area contributed by atoms with Crippen molar-refractivity contribution < 1.29 is 9.90 Å². The minimum absolute atomic E-state index is 0.0761. The van der Waals surface area contributed by atoms with E-state index in [-0.39, 0.29) is 17.7 Å². The van der Waals surface area contributed by atoms with Gasteiger partial charge in [0.1, 0.15) is 5.75 Å². The number of hydrogen-bond acceptors (Lipinski definition) is 3. The number of hydrogen-bond donors (Lipinski definition) is 3. The maximum atomic E-state index is 12.1. The van der Waals surface area contributed by atoms with Crippen molar-refractivity contribution in [1.82, 2.24) is 10.6 Å². The van der Waals surface area contributed by atoms with Gasteiger partial charge in [-0.15, -0.1) is 0 Å². The van der Waals surface area contributed by atoms with Crippen molar-refractivity contribution in [3.05, 3.63) is 29.3 Å². The molecule has 0 radical (unpaired) electrons. The van der Waals surface area contributed by atoms with E-state index in [4.69, 9.17) is 0 Å². The zero-order valence-electron chi connectivity index (χ0n) is 10.9. The average Bonchev–Trinajstić information content (AvgIpc) is 2.35. The van der Waals surface area contributed by atoms with E-state index in [1.54, 1.807) is 25.1 Å². The van der Waals surface area contributed by atoms with Crippen LogP contribution in [-0.2, 0) is 0 Å². The van der Waals surface area contributed by atoms with Crippen LogP contribution >= 0.6 is 0 Å². The highest BCUT2D eigenvalue weighted by atomic mass is 16.3. The first-order valence-corrected chi connectivity index (χ1v) is 6.40. The fourth-order valence-corrected chi connectivity index (χ4v) is 2.23. The van der Waals surface area contributed by atoms with Gasteiger partial charge in [-0.1, -0.05) is 12.1 Å². The number of phenolic OH excluding ortho intramolecular Hbond substituents is 1. The summed E-state index contributed by atoms with van der Waals surface area (Å²) in [6.07, 6.45) is 2.04. The van der Waals surface area contributed by atoms with E-state index in [9.17, 15) is 9.90 Å². The molecule has 0 spiro atoms. The molecule has 4 heteroatoms. The van der Waals surface area contributed by atoms with E-state index in [1.165, 1.54) is 0 Å². The van der Waals surface area contributed by atoms with E-state index in [0.717, 1.165) is 24.9 Å². The fraction of sp³-hybridized carbons (Fsp3) is 0.500. The van der Waals surface area contributed by atoms with Crippen molar-refractivity contribution in [3.8, 4) is 5.75 Å². The fourth-order valence-electron chi connectivity index (χ4n) is 2.23. The van der Waals surface area contributed by atoms with Gasteiger partial charge < -0.3 is 15.7 Å². The van der Waals surface area contributed by atoms with Crippen LogP contribution in [0, 0.1) is 6.92 Å². The van der Waals surface area contributed by atoms with Crippen LogP contribution in [0.2, 0.25) is 0 Å². The first-order valence-electron chi connectivity index (χ1n) is 6.40. The second-order valence-electron chi connectivity index (χ2n) is 5.03. The van der Waals surface area contributed by atoms with E-state index < -0.39 is 0 Å². The van der Waals surface area contributed by atoms with Gasteiger partial charge in [-0.25, -0.2) is 0 Å². The molecule has 0 saturated carbocycles. The quantitative estimate of drug-likeness (QED) is 0.744. The molecule has 1 saturated heterocycles. The molecule has 0 aliphatic carbocycles. The Bertz CT molecular complexity index is 437. The van der Waals surface area contributed by atoms with Crippen molar-refractivity contribution in [3.63, 3.8) is 0 Å². The summed E-state index contributed by atoms with van der Waals surface area (Å²) in [7, 11) is 0. The SMILES string of the molecule is Cc1cccc(C(=O)NC2CCC(C)NC2)c1O. The lowest BCUT2D eigenvalue weighted by molar-refractivity contribution is 0.0925. The van der Waals surface area contributed by atoms with Crippen LogP contribution in [0.3, 0.4) is 0 Å². The Morgan fingerprint density at radius 1 is 1.44 bits per heavy atom. The number of phenols is 1. The third-order valence-electron chi connectivity index (χ3n) is 3.48. The van der Waals surface area contributed by atoms with Crippen LogP contribution in [0.4, 0.5) is 0 Å². The number of para-hydroxylation sites is 1. The van der Waals surface area contributed by atoms with Gasteiger partial charge in [0.25, 0.3) is 5.91 Å². The molecule has 1 amide bonds. The minimum Gasteiger partial charge on any atom is -0.507 e. The van der Waals surface area contributed by atoms with Crippen LogP contribution in [-0.4, -0.2) is 29.6 Å². The summed E-state index contributed by atoms with van der Waals surface area (Å²) in [5.74, 6) is -0.121. The third-order valence-corrected chi connectivity index (χ3v) is 3.48. The molecule has 0 bridgehead atoms. The molecule has 1 aliphatic heterocycles. The average molecular weight is 248 g/mol. The van der Waals surface area contributed by atoms with E-state index in [0.29, 0.717) is 11.6 Å². The summed E-state index contributed by atoms with van der Waals surface area (Å²) in [6, 6.07) is 5.89. The standard InChI is InChI=1S/C14H20N2O2/c1-9-4-3-5-12(13(9)17)14(18)16-11-7-6-10(2)15-8-11/h3-5,10-11,15,17H,6-8H2,1-2H3,(H,16,18). The van der Waals surface area contributed by atoms with Gasteiger partial charge in [0.15, 0.2) is 0 Å². The van der Waals surface area contributed by atoms with Gasteiger partial charge in [0.05, 0.1) is 5.56 Å². The molecule has 1 heterocycles. The van der Waals surface area contributed by atoms with E-state index in [1.807, 2.05) is 0 Å². The molecule has 2 atom stereocenters. The van der Waals surface area contributed by atoms with Gasteiger partial charge >= 0.3 is 0 Å². The second-order valence-corrected chi connectivity index (χ2v) is 5.03. The highest BCUT2D eigenvalue weighted by Gasteiger charge is 2.21. The molecule has 1 fully saturated rings. The van der Waals surface area contributed by atoms with Gasteiger partial charge in [-0.2, -0.15) is 0 Å². The van der Waals surface area contributed by atoms with Crippen LogP contribution < -0.4 is 10.6 Å². The maximum absolute atomic E-state index is 12.1. The number of carbonyl (C=O) groups is 1. The molecule has 1 aromatic rings. The monoisotopic (exact) mass is 248 g/mol. The summed E-state index contributed by atoms with van der Waals surface area (Å²) >= 11 is 0. The van der Waals surface area contributed by atoms with Crippen LogP contribution in [0.5, 0.6) is 5.75 Å². The number of carbonyl (C=O) groups excluding carboxylic acids is 1. The normalized spacial score (nSPS) is 23.7. The van der Waals surface area contributed by atoms with Crippen LogP contribution in [0.1, 0.15) is 35.7 Å². The highest BCUT2D eigenvalue weighted by Crippen LogP contribution is 2.21. The Morgan fingerprint density at radius 3 is 2.89 bits per heavy atom. The highest BCUT2D eigenvalue weighted by molar-refractivity contribution is 5.97. The number of aromatic hydroxyl groups is 1. The van der Waals surface area contributed by atoms with E-state index in [2.05, 4.69) is 17.6 Å². The Kier molecular flexibility index (Phi) is 3.87. The van der Waals surface area contributed by atoms with Crippen molar-refractivity contribution in [2.24, 2.45) is 0 Å². The molecule has 1 aliphatic rings. The number of aryl methyl sites for hydroxylation is 1. The molecule has 3 N–H and O–H groups in total. The van der Waals surface area contributed by atoms with Crippen molar-refractivity contribution in [2.75, 3.05) is 6.54 Å². The molecule has 98 valence electrons. The van der Waals surface area contributed by atoms with Crippen molar-refractivity contribution in [1.29, 1.82) is 0 Å². The third kappa shape index (κ3) is 2.82. The summed E-state index contributed by atoms with van der Waals surface area (Å²) in [6.45, 7) is 4.72. The first-order chi connectivity index (χ1) is 8.58. The first kappa shape index (κ1) is 12.9. The van der Waals surface area contributed by atoms with Crippen LogP contribution in [0.25, 0.3) is 0 Å². The number of piperidine rings is 1. The molecule has 1 aromatic carbocycles. The predicted octanol–water partition coefficient (Wildman–Crippen LogP) is 1.57. The summed E-state index contributed by atoms with van der Waals surface area (Å²) in [5, 5.41) is 16.2. The van der Waals surface area contributed by atoms with Crippen LogP contribution in [0.15, 0.2) is 18.2 Å². The summed E-state index contributed by atoms with van der Waals surface area (Å²) in [5.41, 5.74) is 1.08. The van der Waals surface area contributed by atoms with Crippen molar-refractivity contribution in [2.45, 2.75) is 38.8 Å². The molecule has 18 heavy (non-hydrogen) atoms. The Morgan fingerprint density at radius 2 is 2.22 bits per heavy atom. The number of benzene rings is 1. The molecule has 2 rings (SSSR count). The lowest BCUT2D eigenvalue weighted by Gasteiger charge is -2.28. The maximum Gasteiger partial charge on any atom is 0.255 e. The molecular formula is C14H20N2O2. The number of amides is 1. The topological polar surface area (TPSA) is 61.4 Å². The van der Waals surface area contributed by atoms with Gasteiger partial charge in [0.2, 0.25) is 0 Å².